The Balaban J connectivity index is 2.19. The normalized spacial score (nSPS) is 12.2. The van der Waals surface area contributed by atoms with Gasteiger partial charge in [0.25, 0.3) is 0 Å². The molecule has 1 heterocycles. The number of amides is 3. The standard InChI is InChI=1S/C21H31N5O3S/c1-6-15-7-9-16(10-8-15)29-12-17-24-25-21(26(17)11-13(2)3)30-18(14(4)5)19(27)23-20(22)28/h7-10,13-14,18H,6,11-12H2,1-5H3,(H3,22,23,27,28)/t18-/m1/s1. The van der Waals surface area contributed by atoms with E-state index in [9.17, 15) is 9.59 Å². The molecule has 0 radical (unpaired) electrons. The van der Waals surface area contributed by atoms with Gasteiger partial charge in [-0.25, -0.2) is 4.79 Å². The minimum absolute atomic E-state index is 0.0321. The summed E-state index contributed by atoms with van der Waals surface area (Å²) in [5.74, 6) is 1.33. The van der Waals surface area contributed by atoms with Gasteiger partial charge in [-0.3, -0.25) is 10.1 Å². The molecule has 3 amide bonds. The molecule has 0 bridgehead atoms. The number of nitrogens with two attached hydrogens (primary N) is 1. The second-order valence-corrected chi connectivity index (χ2v) is 8.93. The van der Waals surface area contributed by atoms with Crippen molar-refractivity contribution in [2.24, 2.45) is 17.6 Å². The second kappa shape index (κ2) is 11.0. The number of hydrogen-bond acceptors (Lipinski definition) is 6. The van der Waals surface area contributed by atoms with Crippen molar-refractivity contribution in [3.05, 3.63) is 35.7 Å². The number of aryl methyl sites for hydroxylation is 1. The quantitative estimate of drug-likeness (QED) is 0.556. The van der Waals surface area contributed by atoms with Gasteiger partial charge in [-0.05, 0) is 36.0 Å². The molecule has 164 valence electrons. The van der Waals surface area contributed by atoms with E-state index < -0.39 is 17.2 Å². The highest BCUT2D eigenvalue weighted by atomic mass is 32.2. The highest BCUT2D eigenvalue weighted by molar-refractivity contribution is 8.00. The summed E-state index contributed by atoms with van der Waals surface area (Å²) in [6.45, 7) is 11.1. The number of rotatable bonds is 10. The summed E-state index contributed by atoms with van der Waals surface area (Å²) in [5, 5.41) is 10.8. The molecule has 1 atom stereocenters. The maximum Gasteiger partial charge on any atom is 0.318 e. The lowest BCUT2D eigenvalue weighted by atomic mass is 10.1. The number of carbonyl (C=O) groups excluding carboxylic acids is 2. The van der Waals surface area contributed by atoms with Crippen molar-refractivity contribution in [1.82, 2.24) is 20.1 Å². The molecule has 0 saturated heterocycles. The van der Waals surface area contributed by atoms with Crippen LogP contribution in [-0.2, 0) is 24.4 Å². The first-order chi connectivity index (χ1) is 14.2. The third kappa shape index (κ3) is 6.76. The molecule has 0 aliphatic rings. The Hall–Kier alpha value is -2.55. The number of carbonyl (C=O) groups is 2. The number of ether oxygens (including phenoxy) is 1. The third-order valence-corrected chi connectivity index (χ3v) is 5.91. The van der Waals surface area contributed by atoms with Crippen molar-refractivity contribution < 1.29 is 14.3 Å². The number of hydrogen-bond donors (Lipinski definition) is 2. The van der Waals surface area contributed by atoms with Crippen LogP contribution in [0.3, 0.4) is 0 Å². The minimum atomic E-state index is -0.863. The Morgan fingerprint density at radius 1 is 1.17 bits per heavy atom. The monoisotopic (exact) mass is 433 g/mol. The Morgan fingerprint density at radius 3 is 2.37 bits per heavy atom. The van der Waals surface area contributed by atoms with Crippen molar-refractivity contribution >= 4 is 23.7 Å². The van der Waals surface area contributed by atoms with E-state index >= 15 is 0 Å². The Labute approximate surface area is 182 Å². The molecule has 0 saturated carbocycles. The van der Waals surface area contributed by atoms with E-state index in [2.05, 4.69) is 36.3 Å². The molecule has 1 aromatic carbocycles. The highest BCUT2D eigenvalue weighted by Gasteiger charge is 2.28. The van der Waals surface area contributed by atoms with Crippen LogP contribution in [0, 0.1) is 11.8 Å². The van der Waals surface area contributed by atoms with Crippen molar-refractivity contribution in [3.8, 4) is 5.75 Å². The van der Waals surface area contributed by atoms with Crippen LogP contribution >= 0.6 is 11.8 Å². The second-order valence-electron chi connectivity index (χ2n) is 7.83. The number of urea groups is 1. The Morgan fingerprint density at radius 2 is 1.83 bits per heavy atom. The number of thioether (sulfide) groups is 1. The van der Waals surface area contributed by atoms with Crippen LogP contribution in [0.5, 0.6) is 5.75 Å². The van der Waals surface area contributed by atoms with Gasteiger partial charge < -0.3 is 15.0 Å². The first-order valence-electron chi connectivity index (χ1n) is 10.1. The summed E-state index contributed by atoms with van der Waals surface area (Å²) < 4.78 is 7.88. The van der Waals surface area contributed by atoms with E-state index in [4.69, 9.17) is 10.5 Å². The molecule has 2 aromatic rings. The van der Waals surface area contributed by atoms with Gasteiger partial charge >= 0.3 is 6.03 Å². The Bertz CT molecular complexity index is 849. The average molecular weight is 434 g/mol. The zero-order chi connectivity index (χ0) is 22.3. The van der Waals surface area contributed by atoms with Crippen LogP contribution in [0.4, 0.5) is 4.79 Å². The summed E-state index contributed by atoms with van der Waals surface area (Å²) >= 11 is 1.28. The largest absolute Gasteiger partial charge is 0.486 e. The van der Waals surface area contributed by atoms with Crippen molar-refractivity contribution in [3.63, 3.8) is 0 Å². The number of imide groups is 1. The molecule has 8 nitrogen and oxygen atoms in total. The van der Waals surface area contributed by atoms with Gasteiger partial charge in [0.15, 0.2) is 11.0 Å². The number of benzene rings is 1. The Kier molecular flexibility index (Phi) is 8.71. The molecular formula is C21H31N5O3S. The maximum atomic E-state index is 12.4. The number of nitrogens with one attached hydrogen (secondary N) is 1. The predicted molar refractivity (Wildman–Crippen MR) is 117 cm³/mol. The van der Waals surface area contributed by atoms with Crippen LogP contribution in [0.2, 0.25) is 0 Å². The number of aromatic nitrogens is 3. The van der Waals surface area contributed by atoms with Crippen LogP contribution in [0.1, 0.15) is 46.0 Å². The van der Waals surface area contributed by atoms with Crippen LogP contribution in [0.15, 0.2) is 29.4 Å². The number of nitrogens with zero attached hydrogens (tertiary/aromatic N) is 3. The maximum absolute atomic E-state index is 12.4. The molecule has 2 rings (SSSR count). The van der Waals surface area contributed by atoms with E-state index in [1.54, 1.807) is 0 Å². The van der Waals surface area contributed by atoms with Gasteiger partial charge in [-0.1, -0.05) is 58.5 Å². The van der Waals surface area contributed by atoms with Gasteiger partial charge in [0.2, 0.25) is 5.91 Å². The zero-order valence-electron chi connectivity index (χ0n) is 18.2. The average Bonchev–Trinajstić information content (AvgIpc) is 3.04. The SMILES string of the molecule is CCc1ccc(OCc2nnc(S[C@@H](C(=O)NC(N)=O)C(C)C)n2CC(C)C)cc1. The number of primary amides is 1. The molecule has 0 fully saturated rings. The minimum Gasteiger partial charge on any atom is -0.486 e. The van der Waals surface area contributed by atoms with E-state index in [-0.39, 0.29) is 12.5 Å². The van der Waals surface area contributed by atoms with Crippen molar-refractivity contribution in [1.29, 1.82) is 0 Å². The first kappa shape index (κ1) is 23.7. The van der Waals surface area contributed by atoms with E-state index in [1.807, 2.05) is 42.7 Å². The van der Waals surface area contributed by atoms with Gasteiger partial charge in [0, 0.05) is 6.54 Å². The van der Waals surface area contributed by atoms with Gasteiger partial charge in [0.1, 0.15) is 12.4 Å². The van der Waals surface area contributed by atoms with E-state index in [1.165, 1.54) is 17.3 Å². The molecule has 3 N–H and O–H groups in total. The zero-order valence-corrected chi connectivity index (χ0v) is 19.0. The van der Waals surface area contributed by atoms with E-state index in [0.29, 0.717) is 23.4 Å². The lowest BCUT2D eigenvalue weighted by molar-refractivity contribution is -0.120. The highest BCUT2D eigenvalue weighted by Crippen LogP contribution is 2.28. The summed E-state index contributed by atoms with van der Waals surface area (Å²) in [6, 6.07) is 7.11. The topological polar surface area (TPSA) is 112 Å². The fourth-order valence-electron chi connectivity index (χ4n) is 2.83. The lowest BCUT2D eigenvalue weighted by Gasteiger charge is -2.19. The molecule has 0 spiro atoms. The first-order valence-corrected chi connectivity index (χ1v) is 11.0. The summed E-state index contributed by atoms with van der Waals surface area (Å²) in [5.41, 5.74) is 6.36. The van der Waals surface area contributed by atoms with Crippen molar-refractivity contribution in [2.75, 3.05) is 0 Å². The molecule has 0 aliphatic carbocycles. The van der Waals surface area contributed by atoms with Crippen LogP contribution < -0.4 is 15.8 Å². The third-order valence-electron chi connectivity index (χ3n) is 4.38. The van der Waals surface area contributed by atoms with Gasteiger partial charge in [-0.15, -0.1) is 10.2 Å². The molecule has 0 unspecified atom stereocenters. The van der Waals surface area contributed by atoms with Gasteiger partial charge in [-0.2, -0.15) is 0 Å². The summed E-state index contributed by atoms with van der Waals surface area (Å²) in [7, 11) is 0. The van der Waals surface area contributed by atoms with Crippen LogP contribution in [0.25, 0.3) is 0 Å². The smallest absolute Gasteiger partial charge is 0.318 e. The van der Waals surface area contributed by atoms with Crippen molar-refractivity contribution in [2.45, 2.75) is 64.6 Å². The van der Waals surface area contributed by atoms with Gasteiger partial charge in [0.05, 0.1) is 5.25 Å². The van der Waals surface area contributed by atoms with E-state index in [0.717, 1.165) is 12.2 Å². The fraction of sp³-hybridized carbons (Fsp3) is 0.524. The van der Waals surface area contributed by atoms with Crippen LogP contribution in [-0.4, -0.2) is 32.0 Å². The molecular weight excluding hydrogens is 402 g/mol. The predicted octanol–water partition coefficient (Wildman–Crippen LogP) is 3.39. The summed E-state index contributed by atoms with van der Waals surface area (Å²) in [4.78, 5) is 23.5. The molecule has 0 aliphatic heterocycles. The molecule has 1 aromatic heterocycles. The fourth-order valence-corrected chi connectivity index (χ4v) is 3.89. The lowest BCUT2D eigenvalue weighted by Crippen LogP contribution is -2.42. The molecule has 30 heavy (non-hydrogen) atoms. The summed E-state index contributed by atoms with van der Waals surface area (Å²) in [6.07, 6.45) is 0.976. The molecule has 9 heteroatoms.